The molecule has 2 aromatic rings. The minimum absolute atomic E-state index is 0.108. The molecule has 0 spiro atoms. The number of pyridine rings is 1. The summed E-state index contributed by atoms with van der Waals surface area (Å²) in [5.41, 5.74) is 0. The van der Waals surface area contributed by atoms with Crippen molar-refractivity contribution in [2.24, 2.45) is 0 Å². The first-order valence-corrected chi connectivity index (χ1v) is 7.98. The third kappa shape index (κ3) is 4.36. The molecule has 0 saturated heterocycles. The maximum Gasteiger partial charge on any atom is 0.224 e. The van der Waals surface area contributed by atoms with Gasteiger partial charge in [0.2, 0.25) is 5.91 Å². The molecular formula is C14H16N2OS2. The second kappa shape index (κ2) is 7.31. The van der Waals surface area contributed by atoms with E-state index in [-0.39, 0.29) is 5.91 Å². The van der Waals surface area contributed by atoms with Crippen molar-refractivity contribution in [1.82, 2.24) is 4.98 Å². The molecule has 5 heteroatoms. The predicted octanol–water partition coefficient (Wildman–Crippen LogP) is 3.68. The molecule has 3 nitrogen and oxygen atoms in total. The van der Waals surface area contributed by atoms with E-state index in [1.807, 2.05) is 34.5 Å². The Morgan fingerprint density at radius 2 is 2.16 bits per heavy atom. The minimum Gasteiger partial charge on any atom is -0.304 e. The van der Waals surface area contributed by atoms with E-state index in [0.29, 0.717) is 0 Å². The van der Waals surface area contributed by atoms with Gasteiger partial charge in [-0.1, -0.05) is 0 Å². The van der Waals surface area contributed by atoms with Crippen molar-refractivity contribution in [3.05, 3.63) is 42.0 Å². The van der Waals surface area contributed by atoms with E-state index in [2.05, 4.69) is 4.98 Å². The normalized spacial score (nSPS) is 10.4. The van der Waals surface area contributed by atoms with E-state index < -0.39 is 0 Å². The second-order valence-corrected chi connectivity index (χ2v) is 6.10. The van der Waals surface area contributed by atoms with Crippen LogP contribution in [0.2, 0.25) is 0 Å². The molecule has 0 atom stereocenters. The Bertz CT molecular complexity index is 499. The molecule has 19 heavy (non-hydrogen) atoms. The van der Waals surface area contributed by atoms with Crippen molar-refractivity contribution < 1.29 is 4.79 Å². The summed E-state index contributed by atoms with van der Waals surface area (Å²) in [6, 6.07) is 7.98. The van der Waals surface area contributed by atoms with Crippen LogP contribution in [0.4, 0.5) is 5.00 Å². The largest absolute Gasteiger partial charge is 0.304 e. The lowest BCUT2D eigenvalue weighted by Crippen LogP contribution is -2.28. The number of aromatic nitrogens is 1. The van der Waals surface area contributed by atoms with Crippen molar-refractivity contribution in [3.63, 3.8) is 0 Å². The number of carbonyl (C=O) groups is 1. The van der Waals surface area contributed by atoms with Crippen LogP contribution in [0.3, 0.4) is 0 Å². The zero-order chi connectivity index (χ0) is 13.5. The number of rotatable bonds is 6. The standard InChI is InChI=1S/C14H16N2OS2/c1-12(17)16(14-4-2-10-19-14)9-3-11-18-13-5-7-15-8-6-13/h2,4-8,10H,3,9,11H2,1H3. The molecule has 2 rings (SSSR count). The quantitative estimate of drug-likeness (QED) is 0.601. The Kier molecular flexibility index (Phi) is 5.42. The molecule has 1 amide bonds. The van der Waals surface area contributed by atoms with Crippen LogP contribution in [0.1, 0.15) is 13.3 Å². The highest BCUT2D eigenvalue weighted by Crippen LogP contribution is 2.23. The first-order valence-electron chi connectivity index (χ1n) is 6.12. The Morgan fingerprint density at radius 1 is 1.37 bits per heavy atom. The fraction of sp³-hybridized carbons (Fsp3) is 0.286. The first kappa shape index (κ1) is 14.1. The number of amides is 1. The predicted molar refractivity (Wildman–Crippen MR) is 81.9 cm³/mol. The van der Waals surface area contributed by atoms with Crippen molar-refractivity contribution in [1.29, 1.82) is 0 Å². The lowest BCUT2D eigenvalue weighted by Gasteiger charge is -2.18. The number of thiophene rings is 1. The minimum atomic E-state index is 0.108. The summed E-state index contributed by atoms with van der Waals surface area (Å²) >= 11 is 3.40. The van der Waals surface area contributed by atoms with Crippen LogP contribution in [0.25, 0.3) is 0 Å². The van der Waals surface area contributed by atoms with Gasteiger partial charge in [0.1, 0.15) is 0 Å². The molecule has 0 bridgehead atoms. The smallest absolute Gasteiger partial charge is 0.224 e. The van der Waals surface area contributed by atoms with Gasteiger partial charge in [-0.3, -0.25) is 9.78 Å². The van der Waals surface area contributed by atoms with Gasteiger partial charge < -0.3 is 4.90 Å². The van der Waals surface area contributed by atoms with Crippen molar-refractivity contribution in [2.75, 3.05) is 17.2 Å². The van der Waals surface area contributed by atoms with Gasteiger partial charge in [0, 0.05) is 30.8 Å². The lowest BCUT2D eigenvalue weighted by atomic mass is 10.4. The number of thioether (sulfide) groups is 1. The highest BCUT2D eigenvalue weighted by Gasteiger charge is 2.11. The van der Waals surface area contributed by atoms with E-state index in [9.17, 15) is 4.79 Å². The van der Waals surface area contributed by atoms with E-state index in [1.54, 1.807) is 42.4 Å². The molecule has 0 saturated carbocycles. The number of hydrogen-bond donors (Lipinski definition) is 0. The van der Waals surface area contributed by atoms with Gasteiger partial charge in [0.25, 0.3) is 0 Å². The number of nitrogens with zero attached hydrogens (tertiary/aromatic N) is 2. The maximum absolute atomic E-state index is 11.6. The molecule has 2 heterocycles. The first-order chi connectivity index (χ1) is 9.27. The monoisotopic (exact) mass is 292 g/mol. The highest BCUT2D eigenvalue weighted by atomic mass is 32.2. The van der Waals surface area contributed by atoms with Crippen LogP contribution in [-0.2, 0) is 4.79 Å². The van der Waals surface area contributed by atoms with Crippen LogP contribution in [0, 0.1) is 0 Å². The van der Waals surface area contributed by atoms with E-state index in [4.69, 9.17) is 0 Å². The van der Waals surface area contributed by atoms with Crippen molar-refractivity contribution in [2.45, 2.75) is 18.2 Å². The average molecular weight is 292 g/mol. The van der Waals surface area contributed by atoms with E-state index in [0.717, 1.165) is 23.7 Å². The zero-order valence-electron chi connectivity index (χ0n) is 10.8. The molecule has 0 aliphatic rings. The fourth-order valence-electron chi connectivity index (χ4n) is 1.69. The second-order valence-electron chi connectivity index (χ2n) is 4.01. The average Bonchev–Trinajstić information content (AvgIpc) is 2.93. The van der Waals surface area contributed by atoms with Crippen LogP contribution >= 0.6 is 23.1 Å². The third-order valence-corrected chi connectivity index (χ3v) is 4.59. The Labute approximate surface area is 121 Å². The highest BCUT2D eigenvalue weighted by molar-refractivity contribution is 7.99. The molecule has 0 aliphatic carbocycles. The molecule has 100 valence electrons. The summed E-state index contributed by atoms with van der Waals surface area (Å²) in [5, 5.41) is 3.03. The van der Waals surface area contributed by atoms with E-state index >= 15 is 0 Å². The van der Waals surface area contributed by atoms with Crippen LogP contribution in [0.15, 0.2) is 46.9 Å². The van der Waals surface area contributed by atoms with E-state index in [1.165, 1.54) is 4.90 Å². The van der Waals surface area contributed by atoms with Gasteiger partial charge in [-0.15, -0.1) is 23.1 Å². The van der Waals surface area contributed by atoms with Gasteiger partial charge in [-0.25, -0.2) is 0 Å². The topological polar surface area (TPSA) is 33.2 Å². The van der Waals surface area contributed by atoms with Crippen LogP contribution in [0.5, 0.6) is 0 Å². The molecule has 0 unspecified atom stereocenters. The zero-order valence-corrected chi connectivity index (χ0v) is 12.4. The summed E-state index contributed by atoms with van der Waals surface area (Å²) in [6.45, 7) is 2.39. The molecule has 2 aromatic heterocycles. The molecule has 0 radical (unpaired) electrons. The van der Waals surface area contributed by atoms with Gasteiger partial charge in [-0.2, -0.15) is 0 Å². The van der Waals surface area contributed by atoms with Gasteiger partial charge in [0.15, 0.2) is 0 Å². The number of carbonyl (C=O) groups excluding carboxylic acids is 1. The van der Waals surface area contributed by atoms with Gasteiger partial charge >= 0.3 is 0 Å². The third-order valence-electron chi connectivity index (χ3n) is 2.60. The summed E-state index contributed by atoms with van der Waals surface area (Å²) < 4.78 is 0. The Hall–Kier alpha value is -1.33. The van der Waals surface area contributed by atoms with Crippen LogP contribution < -0.4 is 4.90 Å². The summed E-state index contributed by atoms with van der Waals surface area (Å²) in [5.74, 6) is 1.11. The number of hydrogen-bond acceptors (Lipinski definition) is 4. The van der Waals surface area contributed by atoms with Gasteiger partial charge in [-0.05, 0) is 41.8 Å². The van der Waals surface area contributed by atoms with Gasteiger partial charge in [0.05, 0.1) is 5.00 Å². The molecule has 0 aliphatic heterocycles. The van der Waals surface area contributed by atoms with Crippen LogP contribution in [-0.4, -0.2) is 23.2 Å². The summed E-state index contributed by atoms with van der Waals surface area (Å²) in [4.78, 5) is 18.7. The summed E-state index contributed by atoms with van der Waals surface area (Å²) in [6.07, 6.45) is 4.58. The maximum atomic E-state index is 11.6. The number of anilines is 1. The molecular weight excluding hydrogens is 276 g/mol. The molecule has 0 fully saturated rings. The SMILES string of the molecule is CC(=O)N(CCCSc1ccncc1)c1cccs1. The Balaban J connectivity index is 1.79. The van der Waals surface area contributed by atoms with Crippen molar-refractivity contribution in [3.8, 4) is 0 Å². The van der Waals surface area contributed by atoms with Crippen molar-refractivity contribution >= 4 is 34.0 Å². The summed E-state index contributed by atoms with van der Waals surface area (Å²) in [7, 11) is 0. The Morgan fingerprint density at radius 3 is 2.79 bits per heavy atom. The molecule has 0 aromatic carbocycles. The lowest BCUT2D eigenvalue weighted by molar-refractivity contribution is -0.116. The molecule has 0 N–H and O–H groups in total. The fourth-order valence-corrected chi connectivity index (χ4v) is 3.32.